The second kappa shape index (κ2) is 7.75. The van der Waals surface area contributed by atoms with E-state index >= 15 is 0 Å². The van der Waals surface area contributed by atoms with Gasteiger partial charge in [-0.3, -0.25) is 9.36 Å². The van der Waals surface area contributed by atoms with Crippen LogP contribution in [0.15, 0.2) is 28.7 Å². The van der Waals surface area contributed by atoms with Crippen LogP contribution in [0.1, 0.15) is 25.7 Å². The first kappa shape index (κ1) is 16.2. The van der Waals surface area contributed by atoms with Gasteiger partial charge in [0, 0.05) is 26.1 Å². The Labute approximate surface area is 141 Å². The number of hydrogen-bond donors (Lipinski definition) is 1. The van der Waals surface area contributed by atoms with E-state index in [0.717, 1.165) is 37.3 Å². The van der Waals surface area contributed by atoms with E-state index in [1.54, 1.807) is 0 Å². The maximum absolute atomic E-state index is 12.0. The molecule has 2 heterocycles. The molecule has 0 atom stereocenters. The van der Waals surface area contributed by atoms with Crippen molar-refractivity contribution < 1.29 is 9.21 Å². The van der Waals surface area contributed by atoms with Crippen LogP contribution in [0.4, 0.5) is 0 Å². The molecule has 0 unspecified atom stereocenters. The summed E-state index contributed by atoms with van der Waals surface area (Å²) in [7, 11) is 0. The minimum absolute atomic E-state index is 0.0641. The quantitative estimate of drug-likeness (QED) is 0.826. The summed E-state index contributed by atoms with van der Waals surface area (Å²) in [5.74, 6) is 0.0641. The largest absolute Gasteiger partial charge is 0.429 e. The van der Waals surface area contributed by atoms with Gasteiger partial charge in [0.2, 0.25) is 5.91 Å². The molecule has 1 aromatic carbocycles. The van der Waals surface area contributed by atoms with Crippen molar-refractivity contribution in [1.29, 1.82) is 0 Å². The summed E-state index contributed by atoms with van der Waals surface area (Å²) in [5, 5.41) is 3.00. The predicted molar refractivity (Wildman–Crippen MR) is 93.0 cm³/mol. The second-order valence-electron chi connectivity index (χ2n) is 5.99. The van der Waals surface area contributed by atoms with Gasteiger partial charge in [0.25, 0.3) is 4.84 Å². The Morgan fingerprint density at radius 1 is 1.17 bits per heavy atom. The monoisotopic (exact) mass is 333 g/mol. The minimum atomic E-state index is 0.0641. The lowest BCUT2D eigenvalue weighted by Gasteiger charge is -2.26. The third-order valence-corrected chi connectivity index (χ3v) is 4.64. The lowest BCUT2D eigenvalue weighted by atomic mass is 10.1. The van der Waals surface area contributed by atoms with Gasteiger partial charge in [0.1, 0.15) is 0 Å². The number of carbonyl (C=O) groups excluding carboxylic acids is 1. The smallest absolute Gasteiger partial charge is 0.269 e. The van der Waals surface area contributed by atoms with Crippen LogP contribution >= 0.6 is 12.2 Å². The Bertz CT molecular complexity index is 716. The van der Waals surface area contributed by atoms with Gasteiger partial charge in [0.15, 0.2) is 5.58 Å². The molecule has 2 aromatic rings. The SMILES string of the molecule is O=C(CCn1c(=S)oc2ccccc21)NCCN1CCCCC1. The number of aromatic nitrogens is 1. The molecule has 6 heteroatoms. The number of fused-ring (bicyclic) bond motifs is 1. The molecule has 1 aliphatic rings. The Hall–Kier alpha value is -1.66. The second-order valence-corrected chi connectivity index (χ2v) is 6.34. The molecule has 124 valence electrons. The first-order chi connectivity index (χ1) is 11.2. The minimum Gasteiger partial charge on any atom is -0.429 e. The van der Waals surface area contributed by atoms with Crippen molar-refractivity contribution in [3.8, 4) is 0 Å². The highest BCUT2D eigenvalue weighted by molar-refractivity contribution is 7.71. The lowest BCUT2D eigenvalue weighted by molar-refractivity contribution is -0.121. The van der Waals surface area contributed by atoms with Crippen molar-refractivity contribution in [2.24, 2.45) is 0 Å². The van der Waals surface area contributed by atoms with Crippen molar-refractivity contribution in [1.82, 2.24) is 14.8 Å². The van der Waals surface area contributed by atoms with Crippen LogP contribution in [0.25, 0.3) is 11.1 Å². The number of rotatable bonds is 6. The number of hydrogen-bond acceptors (Lipinski definition) is 4. The number of oxazole rings is 1. The summed E-state index contributed by atoms with van der Waals surface area (Å²) in [6, 6.07) is 7.71. The van der Waals surface area contributed by atoms with Crippen LogP contribution in [-0.2, 0) is 11.3 Å². The third-order valence-electron chi connectivity index (χ3n) is 4.34. The van der Waals surface area contributed by atoms with E-state index in [9.17, 15) is 4.79 Å². The van der Waals surface area contributed by atoms with E-state index in [2.05, 4.69) is 10.2 Å². The number of amides is 1. The van der Waals surface area contributed by atoms with Crippen LogP contribution in [0.2, 0.25) is 0 Å². The van der Waals surface area contributed by atoms with E-state index in [0.29, 0.717) is 17.8 Å². The van der Waals surface area contributed by atoms with E-state index in [-0.39, 0.29) is 5.91 Å². The van der Waals surface area contributed by atoms with Gasteiger partial charge < -0.3 is 14.6 Å². The highest BCUT2D eigenvalue weighted by Crippen LogP contribution is 2.17. The Kier molecular flexibility index (Phi) is 5.46. The summed E-state index contributed by atoms with van der Waals surface area (Å²) in [6.45, 7) is 4.53. The fourth-order valence-corrected chi connectivity index (χ4v) is 3.34. The zero-order chi connectivity index (χ0) is 16.1. The molecule has 0 bridgehead atoms. The van der Waals surface area contributed by atoms with Gasteiger partial charge in [-0.1, -0.05) is 18.6 Å². The average molecular weight is 333 g/mol. The normalized spacial score (nSPS) is 15.8. The van der Waals surface area contributed by atoms with Crippen molar-refractivity contribution in [3.63, 3.8) is 0 Å². The molecule has 1 saturated heterocycles. The summed E-state index contributed by atoms with van der Waals surface area (Å²) in [5.41, 5.74) is 1.71. The summed E-state index contributed by atoms with van der Waals surface area (Å²) in [4.78, 5) is 14.9. The van der Waals surface area contributed by atoms with E-state index in [4.69, 9.17) is 16.6 Å². The number of likely N-dealkylation sites (tertiary alicyclic amines) is 1. The average Bonchev–Trinajstić information content (AvgIpc) is 2.89. The van der Waals surface area contributed by atoms with Crippen molar-refractivity contribution in [2.45, 2.75) is 32.2 Å². The van der Waals surface area contributed by atoms with Crippen molar-refractivity contribution in [2.75, 3.05) is 26.2 Å². The molecular formula is C17H23N3O2S. The number of para-hydroxylation sites is 2. The molecule has 0 saturated carbocycles. The fraction of sp³-hybridized carbons (Fsp3) is 0.529. The first-order valence-electron chi connectivity index (χ1n) is 8.31. The number of benzene rings is 1. The van der Waals surface area contributed by atoms with Crippen LogP contribution in [0, 0.1) is 4.84 Å². The third kappa shape index (κ3) is 4.20. The standard InChI is InChI=1S/C17H23N3O2S/c21-16(18-9-13-19-10-4-1-5-11-19)8-12-20-14-6-2-3-7-15(14)22-17(20)23/h2-3,6-7H,1,4-5,8-13H2,(H,18,21). The van der Waals surface area contributed by atoms with Crippen LogP contribution in [0.5, 0.6) is 0 Å². The Balaban J connectivity index is 1.46. The van der Waals surface area contributed by atoms with Gasteiger partial charge in [0.05, 0.1) is 5.52 Å². The number of piperidine rings is 1. The molecule has 0 spiro atoms. The van der Waals surface area contributed by atoms with Gasteiger partial charge in [-0.05, 0) is 50.3 Å². The predicted octanol–water partition coefficient (Wildman–Crippen LogP) is 2.96. The van der Waals surface area contributed by atoms with Crippen molar-refractivity contribution in [3.05, 3.63) is 29.1 Å². The molecule has 0 radical (unpaired) electrons. The van der Waals surface area contributed by atoms with Crippen LogP contribution in [-0.4, -0.2) is 41.6 Å². The first-order valence-corrected chi connectivity index (χ1v) is 8.72. The molecular weight excluding hydrogens is 310 g/mol. The molecule has 1 fully saturated rings. The molecule has 1 amide bonds. The molecule has 5 nitrogen and oxygen atoms in total. The fourth-order valence-electron chi connectivity index (χ4n) is 3.06. The topological polar surface area (TPSA) is 50.4 Å². The zero-order valence-corrected chi connectivity index (χ0v) is 14.1. The molecule has 0 aliphatic carbocycles. The zero-order valence-electron chi connectivity index (χ0n) is 13.3. The van der Waals surface area contributed by atoms with Crippen molar-refractivity contribution >= 4 is 29.2 Å². The molecule has 1 aliphatic heterocycles. The van der Waals surface area contributed by atoms with Gasteiger partial charge in [-0.2, -0.15) is 0 Å². The van der Waals surface area contributed by atoms with Crippen LogP contribution in [0.3, 0.4) is 0 Å². The summed E-state index contributed by atoms with van der Waals surface area (Å²) < 4.78 is 7.42. The Morgan fingerprint density at radius 3 is 2.78 bits per heavy atom. The molecule has 3 rings (SSSR count). The summed E-state index contributed by atoms with van der Waals surface area (Å²) >= 11 is 5.24. The molecule has 1 aromatic heterocycles. The summed E-state index contributed by atoms with van der Waals surface area (Å²) in [6.07, 6.45) is 4.31. The maximum atomic E-state index is 12.0. The maximum Gasteiger partial charge on any atom is 0.269 e. The Morgan fingerprint density at radius 2 is 1.96 bits per heavy atom. The van der Waals surface area contributed by atoms with Gasteiger partial charge in [-0.15, -0.1) is 0 Å². The number of nitrogens with one attached hydrogen (secondary N) is 1. The number of aryl methyl sites for hydroxylation is 1. The highest BCUT2D eigenvalue weighted by Gasteiger charge is 2.11. The van der Waals surface area contributed by atoms with Gasteiger partial charge in [-0.25, -0.2) is 0 Å². The van der Waals surface area contributed by atoms with Crippen LogP contribution < -0.4 is 5.32 Å². The lowest BCUT2D eigenvalue weighted by Crippen LogP contribution is -2.37. The van der Waals surface area contributed by atoms with E-state index in [1.807, 2.05) is 28.8 Å². The molecule has 23 heavy (non-hydrogen) atoms. The van der Waals surface area contributed by atoms with E-state index in [1.165, 1.54) is 19.3 Å². The van der Waals surface area contributed by atoms with E-state index < -0.39 is 0 Å². The highest BCUT2D eigenvalue weighted by atomic mass is 32.1. The number of carbonyl (C=O) groups is 1. The van der Waals surface area contributed by atoms with Gasteiger partial charge >= 0.3 is 0 Å². The molecule has 1 N–H and O–H groups in total. The number of nitrogens with zero attached hydrogens (tertiary/aromatic N) is 2.